The largest absolute Gasteiger partial charge is 0.494 e. The highest BCUT2D eigenvalue weighted by molar-refractivity contribution is 7.16. The van der Waals surface area contributed by atoms with Gasteiger partial charge in [-0.1, -0.05) is 0 Å². The van der Waals surface area contributed by atoms with Gasteiger partial charge >= 0.3 is 6.03 Å². The van der Waals surface area contributed by atoms with Crippen molar-refractivity contribution in [3.8, 4) is 17.0 Å². The highest BCUT2D eigenvalue weighted by Gasteiger charge is 2.29. The van der Waals surface area contributed by atoms with Gasteiger partial charge in [-0.05, 0) is 51.0 Å². The third-order valence-corrected chi connectivity index (χ3v) is 5.80. The number of rotatable bonds is 5. The number of anilines is 1. The molecule has 8 heteroatoms. The molecular weight excluding hydrogens is 388 g/mol. The first kappa shape index (κ1) is 21.1. The fourth-order valence-electron chi connectivity index (χ4n) is 3.45. The number of carbonyl (C=O) groups excluding carboxylic acids is 2. The Kier molecular flexibility index (Phi) is 6.74. The molecule has 156 valence electrons. The van der Waals surface area contributed by atoms with Crippen LogP contribution < -0.4 is 10.1 Å². The molecule has 1 N–H and O–H groups in total. The minimum absolute atomic E-state index is 0.0506. The molecule has 2 heterocycles. The smallest absolute Gasteiger partial charge is 0.319 e. The number of aryl methyl sites for hydroxylation is 1. The van der Waals surface area contributed by atoms with Crippen LogP contribution in [0.3, 0.4) is 0 Å². The second-order valence-corrected chi connectivity index (χ2v) is 8.54. The molecule has 3 rings (SSSR count). The molecule has 0 radical (unpaired) electrons. The van der Waals surface area contributed by atoms with Crippen molar-refractivity contribution >= 4 is 28.4 Å². The number of benzene rings is 1. The van der Waals surface area contributed by atoms with Gasteiger partial charge in [-0.15, -0.1) is 11.3 Å². The molecule has 7 nitrogen and oxygen atoms in total. The number of nitrogens with one attached hydrogen (secondary N) is 1. The van der Waals surface area contributed by atoms with Gasteiger partial charge in [0.15, 0.2) is 5.13 Å². The van der Waals surface area contributed by atoms with Crippen LogP contribution in [0.25, 0.3) is 11.3 Å². The molecule has 1 aliphatic rings. The highest BCUT2D eigenvalue weighted by Crippen LogP contribution is 2.32. The van der Waals surface area contributed by atoms with Gasteiger partial charge in [0.05, 0.1) is 18.2 Å². The summed E-state index contributed by atoms with van der Waals surface area (Å²) in [4.78, 5) is 33.9. The van der Waals surface area contributed by atoms with Gasteiger partial charge in [-0.25, -0.2) is 9.78 Å². The van der Waals surface area contributed by atoms with E-state index < -0.39 is 0 Å². The third-order valence-electron chi connectivity index (χ3n) is 4.91. The molecule has 1 saturated heterocycles. The lowest BCUT2D eigenvalue weighted by Gasteiger charge is -2.33. The fourth-order valence-corrected chi connectivity index (χ4v) is 4.29. The van der Waals surface area contributed by atoms with Crippen LogP contribution in [0, 0.1) is 12.8 Å². The molecule has 0 aliphatic carbocycles. The zero-order chi connectivity index (χ0) is 21.0. The number of aromatic nitrogens is 1. The summed E-state index contributed by atoms with van der Waals surface area (Å²) in [6, 6.07) is 7.75. The number of likely N-dealkylation sites (tertiary alicyclic amines) is 1. The number of amides is 3. The van der Waals surface area contributed by atoms with Crippen LogP contribution in [-0.4, -0.2) is 60.5 Å². The van der Waals surface area contributed by atoms with Crippen LogP contribution in [0.15, 0.2) is 24.3 Å². The quantitative estimate of drug-likeness (QED) is 0.803. The van der Waals surface area contributed by atoms with Crippen molar-refractivity contribution in [2.24, 2.45) is 5.92 Å². The molecule has 1 aromatic carbocycles. The van der Waals surface area contributed by atoms with Crippen LogP contribution in [-0.2, 0) is 4.79 Å². The van der Waals surface area contributed by atoms with Gasteiger partial charge in [0.25, 0.3) is 0 Å². The fraction of sp³-hybridized carbons (Fsp3) is 0.476. The number of thiazole rings is 1. The van der Waals surface area contributed by atoms with E-state index in [0.717, 1.165) is 34.7 Å². The molecule has 3 amide bonds. The van der Waals surface area contributed by atoms with Gasteiger partial charge in [0.2, 0.25) is 5.91 Å². The summed E-state index contributed by atoms with van der Waals surface area (Å²) in [6.45, 7) is 5.72. The number of carbonyl (C=O) groups is 2. The van der Waals surface area contributed by atoms with E-state index in [9.17, 15) is 9.59 Å². The Hall–Kier alpha value is -2.61. The van der Waals surface area contributed by atoms with Gasteiger partial charge in [-0.3, -0.25) is 4.79 Å². The standard InChI is InChI=1S/C21H28N4O3S/c1-5-28-17-10-8-15(9-11-17)18-14(2)29-20(22-18)23-19(26)16-7-6-12-25(13-16)21(27)24(3)4/h8-11,16H,5-7,12-13H2,1-4H3,(H,22,23,26). The van der Waals surface area contributed by atoms with E-state index in [1.807, 2.05) is 38.1 Å². The third kappa shape index (κ3) is 5.06. The lowest BCUT2D eigenvalue weighted by molar-refractivity contribution is -0.121. The first-order valence-electron chi connectivity index (χ1n) is 9.86. The van der Waals surface area contributed by atoms with Gasteiger partial charge in [0, 0.05) is 37.6 Å². The summed E-state index contributed by atoms with van der Waals surface area (Å²) in [6.07, 6.45) is 1.60. The van der Waals surface area contributed by atoms with E-state index in [2.05, 4.69) is 10.3 Å². The maximum atomic E-state index is 12.8. The first-order valence-corrected chi connectivity index (χ1v) is 10.7. The maximum absolute atomic E-state index is 12.8. The Bertz CT molecular complexity index is 863. The summed E-state index contributed by atoms with van der Waals surface area (Å²) in [5.74, 6) is 0.533. The van der Waals surface area contributed by atoms with E-state index >= 15 is 0 Å². The van der Waals surface area contributed by atoms with Crippen molar-refractivity contribution in [3.63, 3.8) is 0 Å². The van der Waals surface area contributed by atoms with Crippen LogP contribution >= 0.6 is 11.3 Å². The molecule has 0 saturated carbocycles. The van der Waals surface area contributed by atoms with Crippen molar-refractivity contribution in [2.45, 2.75) is 26.7 Å². The van der Waals surface area contributed by atoms with Crippen molar-refractivity contribution < 1.29 is 14.3 Å². The highest BCUT2D eigenvalue weighted by atomic mass is 32.1. The Morgan fingerprint density at radius 2 is 2.03 bits per heavy atom. The van der Waals surface area contributed by atoms with E-state index in [0.29, 0.717) is 24.8 Å². The summed E-state index contributed by atoms with van der Waals surface area (Å²) in [5, 5.41) is 3.55. The molecule has 1 atom stereocenters. The number of urea groups is 1. The Morgan fingerprint density at radius 3 is 2.69 bits per heavy atom. The minimum Gasteiger partial charge on any atom is -0.494 e. The molecule has 1 aliphatic heterocycles. The summed E-state index contributed by atoms with van der Waals surface area (Å²) < 4.78 is 5.49. The average molecular weight is 417 g/mol. The zero-order valence-corrected chi connectivity index (χ0v) is 18.2. The average Bonchev–Trinajstić information content (AvgIpc) is 3.08. The van der Waals surface area contributed by atoms with Crippen molar-refractivity contribution in [1.82, 2.24) is 14.8 Å². The lowest BCUT2D eigenvalue weighted by atomic mass is 9.97. The molecule has 1 aromatic heterocycles. The second-order valence-electron chi connectivity index (χ2n) is 7.33. The summed E-state index contributed by atoms with van der Waals surface area (Å²) in [5.41, 5.74) is 1.85. The molecule has 29 heavy (non-hydrogen) atoms. The SMILES string of the molecule is CCOc1ccc(-c2nc(NC(=O)C3CCCN(C(=O)N(C)C)C3)sc2C)cc1. The Morgan fingerprint density at radius 1 is 1.31 bits per heavy atom. The molecule has 1 fully saturated rings. The first-order chi connectivity index (χ1) is 13.9. The van der Waals surface area contributed by atoms with Crippen molar-refractivity contribution in [2.75, 3.05) is 39.1 Å². The van der Waals surface area contributed by atoms with E-state index in [1.54, 1.807) is 23.9 Å². The second kappa shape index (κ2) is 9.26. The predicted octanol–water partition coefficient (Wildman–Crippen LogP) is 3.85. The van der Waals surface area contributed by atoms with E-state index in [1.165, 1.54) is 11.3 Å². The molecule has 2 aromatic rings. The number of hydrogen-bond acceptors (Lipinski definition) is 5. The Balaban J connectivity index is 1.67. The van der Waals surface area contributed by atoms with Gasteiger partial charge < -0.3 is 19.9 Å². The summed E-state index contributed by atoms with van der Waals surface area (Å²) >= 11 is 1.46. The van der Waals surface area contributed by atoms with Crippen LogP contribution in [0.1, 0.15) is 24.6 Å². The van der Waals surface area contributed by atoms with Crippen molar-refractivity contribution in [1.29, 1.82) is 0 Å². The van der Waals surface area contributed by atoms with Crippen LogP contribution in [0.2, 0.25) is 0 Å². The van der Waals surface area contributed by atoms with E-state index in [-0.39, 0.29) is 17.9 Å². The number of hydrogen-bond donors (Lipinski definition) is 1. The monoisotopic (exact) mass is 416 g/mol. The number of piperidine rings is 1. The molecule has 1 unspecified atom stereocenters. The van der Waals surface area contributed by atoms with Gasteiger partial charge in [-0.2, -0.15) is 0 Å². The number of ether oxygens (including phenoxy) is 1. The van der Waals surface area contributed by atoms with Crippen molar-refractivity contribution in [3.05, 3.63) is 29.1 Å². The molecular formula is C21H28N4O3S. The number of nitrogens with zero attached hydrogens (tertiary/aromatic N) is 3. The van der Waals surface area contributed by atoms with Crippen LogP contribution in [0.4, 0.5) is 9.93 Å². The Labute approximate surface area is 175 Å². The predicted molar refractivity (Wildman–Crippen MR) is 115 cm³/mol. The minimum atomic E-state index is -0.217. The summed E-state index contributed by atoms with van der Waals surface area (Å²) in [7, 11) is 3.46. The van der Waals surface area contributed by atoms with Gasteiger partial charge in [0.1, 0.15) is 5.75 Å². The molecule has 0 bridgehead atoms. The topological polar surface area (TPSA) is 74.8 Å². The maximum Gasteiger partial charge on any atom is 0.319 e. The molecule has 0 spiro atoms. The van der Waals surface area contributed by atoms with E-state index in [4.69, 9.17) is 4.74 Å². The lowest BCUT2D eigenvalue weighted by Crippen LogP contribution is -2.47. The zero-order valence-electron chi connectivity index (χ0n) is 17.4. The van der Waals surface area contributed by atoms with Crippen LogP contribution in [0.5, 0.6) is 5.75 Å². The normalized spacial score (nSPS) is 16.4.